The van der Waals surface area contributed by atoms with Crippen LogP contribution in [0, 0.1) is 0 Å². The quantitative estimate of drug-likeness (QED) is 0.245. The van der Waals surface area contributed by atoms with Crippen LogP contribution in [0.25, 0.3) is 0 Å². The summed E-state index contributed by atoms with van der Waals surface area (Å²) < 4.78 is 25.7. The van der Waals surface area contributed by atoms with E-state index in [1.165, 1.54) is 0 Å². The fraction of sp³-hybridized carbons (Fsp3) is 1.00. The molecule has 8 heteroatoms. The molecule has 0 spiro atoms. The van der Waals surface area contributed by atoms with E-state index in [0.29, 0.717) is 13.1 Å². The minimum atomic E-state index is -3.50. The summed E-state index contributed by atoms with van der Waals surface area (Å²) in [5.74, 6) is -0.190. The average Bonchev–Trinajstić information content (AvgIpc) is 1.87. The van der Waals surface area contributed by atoms with Crippen LogP contribution in [-0.2, 0) is 14.4 Å². The molecule has 0 aromatic heterocycles. The van der Waals surface area contributed by atoms with Gasteiger partial charge in [0, 0.05) is 19.6 Å². The third kappa shape index (κ3) is 8.88. The van der Waals surface area contributed by atoms with Crippen molar-refractivity contribution in [1.82, 2.24) is 5.48 Å². The molecule has 0 heterocycles. The maximum absolute atomic E-state index is 10.7. The third-order valence-corrected chi connectivity index (χ3v) is 1.91. The Morgan fingerprint density at radius 1 is 1.25 bits per heavy atom. The molecule has 0 bridgehead atoms. The summed E-state index contributed by atoms with van der Waals surface area (Å²) in [5.41, 5.74) is 12.3. The van der Waals surface area contributed by atoms with Gasteiger partial charge in [0.15, 0.2) is 0 Å². The molecule has 0 amide bonds. The van der Waals surface area contributed by atoms with Crippen molar-refractivity contribution < 1.29 is 12.7 Å². The Morgan fingerprint density at radius 2 is 1.83 bits per heavy atom. The summed E-state index contributed by atoms with van der Waals surface area (Å²) in [6, 6.07) is 0. The van der Waals surface area contributed by atoms with Gasteiger partial charge in [-0.25, -0.2) is 0 Å². The van der Waals surface area contributed by atoms with Gasteiger partial charge < -0.3 is 11.5 Å². The van der Waals surface area contributed by atoms with Crippen LogP contribution in [0.2, 0.25) is 0 Å². The fourth-order valence-electron chi connectivity index (χ4n) is 0.376. The Labute approximate surface area is 94.4 Å². The van der Waals surface area contributed by atoms with Gasteiger partial charge in [-0.05, 0) is 0 Å². The molecule has 0 saturated carbocycles. The van der Waals surface area contributed by atoms with E-state index in [2.05, 4.69) is 9.76 Å². The molecule has 5 N–H and O–H groups in total. The average molecular weight is 207 g/mol. The number of hydroxylamine groups is 1. The van der Waals surface area contributed by atoms with Crippen LogP contribution >= 0.6 is 0 Å². The normalized spacial score (nSPS) is 10.8. The molecule has 0 atom stereocenters. The van der Waals surface area contributed by atoms with E-state index in [1.54, 1.807) is 0 Å². The van der Waals surface area contributed by atoms with E-state index >= 15 is 0 Å². The Bertz CT molecular complexity index is 184. The Kier molecular flexibility index (Phi) is 10.7. The number of rotatable bonds is 6. The van der Waals surface area contributed by atoms with Crippen LogP contribution in [0.15, 0.2) is 0 Å². The van der Waals surface area contributed by atoms with Crippen molar-refractivity contribution in [2.75, 3.05) is 25.4 Å². The standard InChI is InChI=1S/C4H13N3O3S.Na.H/c5-1-3-7-10-11(8,9)4-2-6;;/h7H,1-6H2;;. The van der Waals surface area contributed by atoms with Crippen LogP contribution in [0.4, 0.5) is 0 Å². The topological polar surface area (TPSA) is 107 Å². The zero-order chi connectivity index (χ0) is 8.74. The van der Waals surface area contributed by atoms with Crippen molar-refractivity contribution in [3.63, 3.8) is 0 Å². The molecule has 70 valence electrons. The molecule has 6 nitrogen and oxygen atoms in total. The molecule has 0 aromatic rings. The summed E-state index contributed by atoms with van der Waals surface area (Å²) >= 11 is 0. The van der Waals surface area contributed by atoms with Crippen LogP contribution in [0.5, 0.6) is 0 Å². The Hall–Kier alpha value is 0.790. The van der Waals surface area contributed by atoms with Gasteiger partial charge in [0.25, 0.3) is 10.1 Å². The number of nitrogens with two attached hydrogens (primary N) is 2. The van der Waals surface area contributed by atoms with E-state index in [9.17, 15) is 8.42 Å². The maximum atomic E-state index is 10.7. The van der Waals surface area contributed by atoms with Crippen molar-refractivity contribution in [3.05, 3.63) is 0 Å². The van der Waals surface area contributed by atoms with Crippen molar-refractivity contribution in [2.24, 2.45) is 11.5 Å². The first-order chi connectivity index (χ1) is 5.12. The van der Waals surface area contributed by atoms with Gasteiger partial charge in [-0.2, -0.15) is 18.2 Å². The van der Waals surface area contributed by atoms with Gasteiger partial charge in [0.05, 0.1) is 5.75 Å². The molecule has 0 radical (unpaired) electrons. The van der Waals surface area contributed by atoms with Gasteiger partial charge in [0.1, 0.15) is 0 Å². The summed E-state index contributed by atoms with van der Waals surface area (Å²) in [6.07, 6.45) is 0. The third-order valence-electron chi connectivity index (χ3n) is 0.800. The van der Waals surface area contributed by atoms with Gasteiger partial charge >= 0.3 is 29.6 Å². The van der Waals surface area contributed by atoms with E-state index in [-0.39, 0.29) is 41.9 Å². The van der Waals surface area contributed by atoms with Gasteiger partial charge in [-0.15, -0.1) is 0 Å². The van der Waals surface area contributed by atoms with Crippen LogP contribution in [0.3, 0.4) is 0 Å². The second-order valence-corrected chi connectivity index (χ2v) is 3.51. The van der Waals surface area contributed by atoms with Gasteiger partial charge in [-0.1, -0.05) is 0 Å². The number of nitrogens with one attached hydrogen (secondary N) is 1. The molecule has 0 aromatic carbocycles. The molecule has 12 heavy (non-hydrogen) atoms. The molecule has 0 aliphatic heterocycles. The molecule has 0 saturated heterocycles. The van der Waals surface area contributed by atoms with Gasteiger partial charge in [0.2, 0.25) is 0 Å². The first kappa shape index (κ1) is 15.3. The molecule has 0 fully saturated rings. The fourth-order valence-corrected chi connectivity index (χ4v) is 1.01. The minimum absolute atomic E-state index is 0. The number of hydrogen-bond acceptors (Lipinski definition) is 6. The van der Waals surface area contributed by atoms with Crippen molar-refractivity contribution in [2.45, 2.75) is 0 Å². The predicted molar refractivity (Wildman–Crippen MR) is 48.1 cm³/mol. The van der Waals surface area contributed by atoms with E-state index in [1.807, 2.05) is 0 Å². The van der Waals surface area contributed by atoms with E-state index in [4.69, 9.17) is 11.5 Å². The molecular formula is C4H14N3NaO3S. The monoisotopic (exact) mass is 207 g/mol. The zero-order valence-electron chi connectivity index (χ0n) is 6.12. The predicted octanol–water partition coefficient (Wildman–Crippen LogP) is -2.89. The Morgan fingerprint density at radius 3 is 2.25 bits per heavy atom. The van der Waals surface area contributed by atoms with Crippen LogP contribution in [0.1, 0.15) is 0 Å². The summed E-state index contributed by atoms with van der Waals surface area (Å²) in [6.45, 7) is 0.661. The second-order valence-electron chi connectivity index (χ2n) is 1.82. The van der Waals surface area contributed by atoms with Gasteiger partial charge in [-0.3, -0.25) is 0 Å². The summed E-state index contributed by atoms with van der Waals surface area (Å²) in [7, 11) is -3.50. The first-order valence-electron chi connectivity index (χ1n) is 3.16. The van der Waals surface area contributed by atoms with Crippen LogP contribution in [-0.4, -0.2) is 63.4 Å². The SMILES string of the molecule is NCCNOS(=O)(=O)CCN.[NaH]. The van der Waals surface area contributed by atoms with Crippen LogP contribution < -0.4 is 16.9 Å². The summed E-state index contributed by atoms with van der Waals surface area (Å²) in [5, 5.41) is 0. The van der Waals surface area contributed by atoms with Crippen molar-refractivity contribution >= 4 is 39.7 Å². The van der Waals surface area contributed by atoms with E-state index in [0.717, 1.165) is 0 Å². The first-order valence-corrected chi connectivity index (χ1v) is 4.74. The summed E-state index contributed by atoms with van der Waals surface area (Å²) in [4.78, 5) is 0. The molecule has 0 aliphatic carbocycles. The molecule has 0 unspecified atom stereocenters. The number of hydrogen-bond donors (Lipinski definition) is 3. The molecule has 0 aliphatic rings. The molecular weight excluding hydrogens is 193 g/mol. The molecule has 0 rings (SSSR count). The van der Waals surface area contributed by atoms with Crippen molar-refractivity contribution in [1.29, 1.82) is 0 Å². The Balaban J connectivity index is 0. The van der Waals surface area contributed by atoms with Crippen molar-refractivity contribution in [3.8, 4) is 0 Å². The second kappa shape index (κ2) is 8.39. The zero-order valence-corrected chi connectivity index (χ0v) is 6.93. The van der Waals surface area contributed by atoms with E-state index < -0.39 is 10.1 Å².